The Labute approximate surface area is 186 Å². The van der Waals surface area contributed by atoms with E-state index in [0.717, 1.165) is 34.3 Å². The van der Waals surface area contributed by atoms with Gasteiger partial charge in [-0.25, -0.2) is 0 Å². The van der Waals surface area contributed by atoms with Gasteiger partial charge in [0.25, 0.3) is 0 Å². The van der Waals surface area contributed by atoms with E-state index in [2.05, 4.69) is 11.5 Å². The predicted octanol–water partition coefficient (Wildman–Crippen LogP) is 5.87. The van der Waals surface area contributed by atoms with Crippen LogP contribution < -0.4 is 14.2 Å². The number of aryl methyl sites for hydroxylation is 1. The zero-order valence-corrected chi connectivity index (χ0v) is 18.0. The molecular weight excluding hydrogens is 402 g/mol. The number of aromatic nitrogens is 1. The fraction of sp³-hybridized carbons (Fsp3) is 0.148. The maximum absolute atomic E-state index is 13.0. The average Bonchev–Trinajstić information content (AvgIpc) is 3.34. The molecule has 5 heteroatoms. The first-order chi connectivity index (χ1) is 15.7. The van der Waals surface area contributed by atoms with Crippen LogP contribution >= 0.6 is 0 Å². The Bertz CT molecular complexity index is 1330. The smallest absolute Gasteiger partial charge is 0.231 e. The van der Waals surface area contributed by atoms with Crippen LogP contribution in [0.5, 0.6) is 17.2 Å². The number of nitrogens with zero attached hydrogens (tertiary/aromatic N) is 1. The molecule has 0 spiro atoms. The summed E-state index contributed by atoms with van der Waals surface area (Å²) in [4.78, 5) is 13.0. The maximum atomic E-state index is 13.0. The highest BCUT2D eigenvalue weighted by molar-refractivity contribution is 6.15. The topological polar surface area (TPSA) is 49.7 Å². The van der Waals surface area contributed by atoms with Crippen molar-refractivity contribution in [1.29, 1.82) is 0 Å². The van der Waals surface area contributed by atoms with Crippen LogP contribution in [0, 0.1) is 0 Å². The third-order valence-corrected chi connectivity index (χ3v) is 5.64. The molecule has 0 amide bonds. The number of methoxy groups -OCH3 is 1. The Morgan fingerprint density at radius 3 is 2.59 bits per heavy atom. The molecule has 0 fully saturated rings. The van der Waals surface area contributed by atoms with E-state index in [1.54, 1.807) is 31.4 Å². The third-order valence-electron chi connectivity index (χ3n) is 5.64. The Balaban J connectivity index is 1.43. The number of Topliss-reactive ketones (excluding diaryl/α,β-unsaturated/α-hetero) is 1. The van der Waals surface area contributed by atoms with Gasteiger partial charge in [-0.05, 0) is 48.9 Å². The molecule has 32 heavy (non-hydrogen) atoms. The molecule has 4 aromatic rings. The Morgan fingerprint density at radius 1 is 1.00 bits per heavy atom. The Hall–Kier alpha value is -3.99. The lowest BCUT2D eigenvalue weighted by Crippen LogP contribution is -1.98. The number of rotatable bonds is 6. The van der Waals surface area contributed by atoms with Gasteiger partial charge in [0.2, 0.25) is 5.78 Å². The molecule has 1 aliphatic rings. The summed E-state index contributed by atoms with van der Waals surface area (Å²) in [6, 6.07) is 21.2. The fourth-order valence-electron chi connectivity index (χ4n) is 3.95. The molecule has 5 nitrogen and oxygen atoms in total. The first-order valence-corrected chi connectivity index (χ1v) is 10.6. The first-order valence-electron chi connectivity index (χ1n) is 10.6. The number of hydrogen-bond donors (Lipinski definition) is 0. The van der Waals surface area contributed by atoms with Crippen molar-refractivity contribution in [3.8, 4) is 17.2 Å². The van der Waals surface area contributed by atoms with Crippen LogP contribution in [0.1, 0.15) is 28.4 Å². The van der Waals surface area contributed by atoms with Crippen LogP contribution in [0.3, 0.4) is 0 Å². The third kappa shape index (κ3) is 3.62. The highest BCUT2D eigenvalue weighted by atomic mass is 16.5. The number of allylic oxidation sites excluding steroid dienone is 1. The lowest BCUT2D eigenvalue weighted by molar-refractivity contribution is 0.101. The molecule has 5 rings (SSSR count). The van der Waals surface area contributed by atoms with Gasteiger partial charge in [-0.2, -0.15) is 0 Å². The summed E-state index contributed by atoms with van der Waals surface area (Å²) in [6.07, 6.45) is 3.84. The van der Waals surface area contributed by atoms with Crippen molar-refractivity contribution >= 4 is 22.8 Å². The maximum Gasteiger partial charge on any atom is 0.231 e. The van der Waals surface area contributed by atoms with E-state index in [1.807, 2.05) is 54.7 Å². The molecule has 0 aliphatic carbocycles. The number of fused-ring (bicyclic) bond motifs is 2. The van der Waals surface area contributed by atoms with Gasteiger partial charge in [0.1, 0.15) is 23.9 Å². The van der Waals surface area contributed by atoms with E-state index in [-0.39, 0.29) is 5.78 Å². The predicted molar refractivity (Wildman–Crippen MR) is 124 cm³/mol. The number of ketones is 1. The van der Waals surface area contributed by atoms with Crippen molar-refractivity contribution in [3.63, 3.8) is 0 Å². The van der Waals surface area contributed by atoms with E-state index in [9.17, 15) is 4.79 Å². The summed E-state index contributed by atoms with van der Waals surface area (Å²) in [5, 5.41) is 1.01. The Kier molecular flexibility index (Phi) is 5.15. The van der Waals surface area contributed by atoms with Crippen LogP contribution in [0.4, 0.5) is 0 Å². The van der Waals surface area contributed by atoms with Crippen molar-refractivity contribution in [1.82, 2.24) is 4.57 Å². The molecule has 0 N–H and O–H groups in total. The van der Waals surface area contributed by atoms with E-state index in [1.165, 1.54) is 0 Å². The van der Waals surface area contributed by atoms with Crippen LogP contribution in [0.25, 0.3) is 17.0 Å². The molecule has 0 bridgehead atoms. The van der Waals surface area contributed by atoms with E-state index in [4.69, 9.17) is 14.2 Å². The number of carbonyl (C=O) groups is 1. The van der Waals surface area contributed by atoms with Gasteiger partial charge in [0.05, 0.1) is 12.7 Å². The number of ether oxygens (including phenoxy) is 3. The van der Waals surface area contributed by atoms with Gasteiger partial charge in [-0.1, -0.05) is 30.3 Å². The normalized spacial score (nSPS) is 13.9. The summed E-state index contributed by atoms with van der Waals surface area (Å²) in [7, 11) is 1.65. The molecule has 0 saturated carbocycles. The molecule has 1 aliphatic heterocycles. The Morgan fingerprint density at radius 2 is 1.81 bits per heavy atom. The molecule has 160 valence electrons. The van der Waals surface area contributed by atoms with Crippen molar-refractivity contribution in [3.05, 3.63) is 95.4 Å². The minimum absolute atomic E-state index is 0.130. The molecule has 0 saturated heterocycles. The van der Waals surface area contributed by atoms with Crippen LogP contribution in [-0.2, 0) is 13.2 Å². The largest absolute Gasteiger partial charge is 0.497 e. The van der Waals surface area contributed by atoms with Crippen molar-refractivity contribution in [2.45, 2.75) is 20.1 Å². The van der Waals surface area contributed by atoms with E-state index < -0.39 is 0 Å². The molecule has 3 aromatic carbocycles. The molecular formula is C27H23NO4. The van der Waals surface area contributed by atoms with Gasteiger partial charge in [0, 0.05) is 35.3 Å². The first kappa shape index (κ1) is 19.9. The number of carbonyl (C=O) groups excluding carboxylic acids is 1. The zero-order chi connectivity index (χ0) is 22.1. The quantitative estimate of drug-likeness (QED) is 0.363. The van der Waals surface area contributed by atoms with Crippen LogP contribution in [-0.4, -0.2) is 17.5 Å². The van der Waals surface area contributed by atoms with Crippen LogP contribution in [0.15, 0.2) is 78.7 Å². The monoisotopic (exact) mass is 425 g/mol. The van der Waals surface area contributed by atoms with Crippen molar-refractivity contribution in [2.24, 2.45) is 0 Å². The lowest BCUT2D eigenvalue weighted by atomic mass is 10.1. The highest BCUT2D eigenvalue weighted by Gasteiger charge is 2.28. The van der Waals surface area contributed by atoms with Gasteiger partial charge in [0.15, 0.2) is 5.76 Å². The molecule has 0 unspecified atom stereocenters. The zero-order valence-electron chi connectivity index (χ0n) is 18.0. The van der Waals surface area contributed by atoms with Gasteiger partial charge < -0.3 is 18.8 Å². The van der Waals surface area contributed by atoms with Gasteiger partial charge >= 0.3 is 0 Å². The minimum atomic E-state index is -0.130. The summed E-state index contributed by atoms with van der Waals surface area (Å²) < 4.78 is 19.4. The molecule has 0 radical (unpaired) electrons. The molecule has 1 aromatic heterocycles. The van der Waals surface area contributed by atoms with Crippen LogP contribution in [0.2, 0.25) is 0 Å². The van der Waals surface area contributed by atoms with Crippen molar-refractivity contribution < 1.29 is 19.0 Å². The van der Waals surface area contributed by atoms with Gasteiger partial charge in [-0.15, -0.1) is 0 Å². The van der Waals surface area contributed by atoms with E-state index in [0.29, 0.717) is 29.4 Å². The SMILES string of the molecule is CCn1cc(/C=C2\Oc3cc(OCc4ccccc4)ccc3C2=O)c2cc(OC)ccc21. The summed E-state index contributed by atoms with van der Waals surface area (Å²) in [5.41, 5.74) is 3.62. The number of hydrogen-bond acceptors (Lipinski definition) is 4. The number of benzene rings is 3. The summed E-state index contributed by atoms with van der Waals surface area (Å²) >= 11 is 0. The minimum Gasteiger partial charge on any atom is -0.497 e. The highest BCUT2D eigenvalue weighted by Crippen LogP contribution is 2.36. The van der Waals surface area contributed by atoms with E-state index >= 15 is 0 Å². The molecule has 0 atom stereocenters. The average molecular weight is 425 g/mol. The summed E-state index contributed by atoms with van der Waals surface area (Å²) in [5.74, 6) is 2.12. The second-order valence-electron chi connectivity index (χ2n) is 7.63. The second-order valence-corrected chi connectivity index (χ2v) is 7.63. The van der Waals surface area contributed by atoms with Gasteiger partial charge in [-0.3, -0.25) is 4.79 Å². The summed E-state index contributed by atoms with van der Waals surface area (Å²) in [6.45, 7) is 3.36. The lowest BCUT2D eigenvalue weighted by Gasteiger charge is -2.07. The van der Waals surface area contributed by atoms with Crippen molar-refractivity contribution in [2.75, 3.05) is 7.11 Å². The second kappa shape index (κ2) is 8.27. The standard InChI is InChI=1S/C27H23NO4/c1-3-28-16-19(23-14-20(30-2)10-12-24(23)28)13-26-27(29)22-11-9-21(15-25(22)32-26)31-17-18-7-5-4-6-8-18/h4-16H,3,17H2,1-2H3/b26-13-. The fourth-order valence-corrected chi connectivity index (χ4v) is 3.95. The molecule has 2 heterocycles.